The van der Waals surface area contributed by atoms with Crippen LogP contribution in [0.3, 0.4) is 0 Å². The summed E-state index contributed by atoms with van der Waals surface area (Å²) in [5.41, 5.74) is 3.19. The molecule has 1 amide bonds. The Morgan fingerprint density at radius 3 is 2.96 bits per heavy atom. The van der Waals surface area contributed by atoms with Crippen LogP contribution in [0.1, 0.15) is 24.1 Å². The summed E-state index contributed by atoms with van der Waals surface area (Å²) in [5.74, 6) is 0.627. The summed E-state index contributed by atoms with van der Waals surface area (Å²) < 4.78 is 0. The number of aromatic nitrogens is 1. The average molecular weight is 402 g/mol. The first kappa shape index (κ1) is 21.9. The molecule has 2 heterocycles. The van der Waals surface area contributed by atoms with Gasteiger partial charge in [0.15, 0.2) is 0 Å². The van der Waals surface area contributed by atoms with Gasteiger partial charge in [-0.25, -0.2) is 4.98 Å². The quantitative estimate of drug-likeness (QED) is 0.803. The minimum Gasteiger partial charge on any atom is -0.355 e. The van der Waals surface area contributed by atoms with Gasteiger partial charge < -0.3 is 10.6 Å². The molecule has 0 radical (unpaired) electrons. The highest BCUT2D eigenvalue weighted by Gasteiger charge is 2.14. The fourth-order valence-corrected chi connectivity index (χ4v) is 3.70. The zero-order valence-corrected chi connectivity index (χ0v) is 16.7. The third kappa shape index (κ3) is 6.59. The lowest BCUT2D eigenvalue weighted by Crippen LogP contribution is -2.38. The van der Waals surface area contributed by atoms with Crippen LogP contribution in [0.25, 0.3) is 10.6 Å². The number of aryl methyl sites for hydroxylation is 1. The number of carbonyl (C=O) groups is 1. The molecule has 1 atom stereocenters. The van der Waals surface area contributed by atoms with Gasteiger partial charge in [0, 0.05) is 17.5 Å². The van der Waals surface area contributed by atoms with Crippen molar-refractivity contribution in [2.75, 3.05) is 19.6 Å². The molecule has 2 N–H and O–H groups in total. The Kier molecular flexibility index (Phi) is 9.43. The molecule has 0 aliphatic carbocycles. The zero-order chi connectivity index (χ0) is 16.1. The number of rotatable bonds is 5. The highest BCUT2D eigenvalue weighted by Crippen LogP contribution is 2.24. The van der Waals surface area contributed by atoms with Gasteiger partial charge in [0.05, 0.1) is 12.1 Å². The molecule has 0 spiro atoms. The van der Waals surface area contributed by atoms with Crippen molar-refractivity contribution in [1.82, 2.24) is 15.6 Å². The Labute approximate surface area is 165 Å². The minimum atomic E-state index is 0. The van der Waals surface area contributed by atoms with Crippen molar-refractivity contribution < 1.29 is 4.79 Å². The molecule has 1 saturated heterocycles. The lowest BCUT2D eigenvalue weighted by molar-refractivity contribution is -0.120. The summed E-state index contributed by atoms with van der Waals surface area (Å²) in [6, 6.07) is 8.30. The van der Waals surface area contributed by atoms with Gasteiger partial charge in [-0.1, -0.05) is 23.8 Å². The van der Waals surface area contributed by atoms with E-state index in [0.717, 1.165) is 35.9 Å². The first-order valence-corrected chi connectivity index (χ1v) is 9.07. The number of hydrogen-bond acceptors (Lipinski definition) is 4. The SMILES string of the molecule is Cc1cccc(-c2nc(CC(=O)NCC3CCCNC3)cs2)c1.Cl.Cl. The summed E-state index contributed by atoms with van der Waals surface area (Å²) in [5, 5.41) is 9.38. The van der Waals surface area contributed by atoms with Crippen LogP contribution >= 0.6 is 36.2 Å². The number of piperidine rings is 1. The average Bonchev–Trinajstić information content (AvgIpc) is 3.02. The molecule has 4 nitrogen and oxygen atoms in total. The fourth-order valence-electron chi connectivity index (χ4n) is 2.88. The van der Waals surface area contributed by atoms with Crippen LogP contribution in [0, 0.1) is 12.8 Å². The van der Waals surface area contributed by atoms with Gasteiger partial charge in [-0.05, 0) is 44.8 Å². The van der Waals surface area contributed by atoms with E-state index in [4.69, 9.17) is 0 Å². The second-order valence-electron chi connectivity index (χ2n) is 6.21. The third-order valence-corrected chi connectivity index (χ3v) is 5.09. The van der Waals surface area contributed by atoms with E-state index >= 15 is 0 Å². The van der Waals surface area contributed by atoms with Crippen molar-refractivity contribution in [3.63, 3.8) is 0 Å². The molecule has 1 unspecified atom stereocenters. The number of thiazole rings is 1. The van der Waals surface area contributed by atoms with Crippen molar-refractivity contribution >= 4 is 42.1 Å². The van der Waals surface area contributed by atoms with Gasteiger partial charge in [-0.15, -0.1) is 36.2 Å². The maximum Gasteiger partial charge on any atom is 0.226 e. The van der Waals surface area contributed by atoms with Crippen molar-refractivity contribution in [3.8, 4) is 10.6 Å². The maximum absolute atomic E-state index is 12.1. The third-order valence-electron chi connectivity index (χ3n) is 4.15. The second kappa shape index (κ2) is 10.8. The second-order valence-corrected chi connectivity index (χ2v) is 7.06. The Morgan fingerprint density at radius 1 is 1.40 bits per heavy atom. The number of nitrogens with zero attached hydrogens (tertiary/aromatic N) is 1. The van der Waals surface area contributed by atoms with Crippen LogP contribution in [-0.2, 0) is 11.2 Å². The summed E-state index contributed by atoms with van der Waals surface area (Å²) in [6.45, 7) is 4.95. The van der Waals surface area contributed by atoms with Crippen molar-refractivity contribution in [3.05, 3.63) is 40.9 Å². The van der Waals surface area contributed by atoms with E-state index in [2.05, 4.69) is 40.7 Å². The standard InChI is InChI=1S/C18H23N3OS.2ClH/c1-13-4-2-6-15(8-13)18-21-16(12-23-18)9-17(22)20-11-14-5-3-7-19-10-14;;/h2,4,6,8,12,14,19H,3,5,7,9-11H2,1H3,(H,20,22);2*1H. The van der Waals surface area contributed by atoms with Crippen LogP contribution in [0.2, 0.25) is 0 Å². The van der Waals surface area contributed by atoms with Crippen LogP contribution in [0.4, 0.5) is 0 Å². The van der Waals surface area contributed by atoms with Crippen molar-refractivity contribution in [1.29, 1.82) is 0 Å². The Morgan fingerprint density at radius 2 is 2.24 bits per heavy atom. The van der Waals surface area contributed by atoms with Gasteiger partial charge >= 0.3 is 0 Å². The molecule has 1 aromatic heterocycles. The smallest absolute Gasteiger partial charge is 0.226 e. The van der Waals surface area contributed by atoms with E-state index in [9.17, 15) is 4.79 Å². The zero-order valence-electron chi connectivity index (χ0n) is 14.3. The number of benzene rings is 1. The lowest BCUT2D eigenvalue weighted by Gasteiger charge is -2.22. The fraction of sp³-hybridized carbons (Fsp3) is 0.444. The largest absolute Gasteiger partial charge is 0.355 e. The van der Waals surface area contributed by atoms with Crippen LogP contribution in [0.5, 0.6) is 0 Å². The molecule has 2 aromatic rings. The summed E-state index contributed by atoms with van der Waals surface area (Å²) in [6.07, 6.45) is 2.76. The molecular formula is C18H25Cl2N3OS. The topological polar surface area (TPSA) is 54.0 Å². The Balaban J connectivity index is 0.00000156. The lowest BCUT2D eigenvalue weighted by atomic mass is 10.00. The summed E-state index contributed by atoms with van der Waals surface area (Å²) in [4.78, 5) is 16.7. The van der Waals surface area contributed by atoms with Crippen LogP contribution in [0.15, 0.2) is 29.6 Å². The Hall–Kier alpha value is -1.14. The van der Waals surface area contributed by atoms with E-state index in [0.29, 0.717) is 12.3 Å². The van der Waals surface area contributed by atoms with Crippen LogP contribution in [-0.4, -0.2) is 30.5 Å². The number of hydrogen-bond donors (Lipinski definition) is 2. The van der Waals surface area contributed by atoms with Gasteiger partial charge in [-0.2, -0.15) is 0 Å². The van der Waals surface area contributed by atoms with E-state index in [1.807, 2.05) is 11.4 Å². The number of carbonyl (C=O) groups excluding carboxylic acids is 1. The van der Waals surface area contributed by atoms with E-state index < -0.39 is 0 Å². The molecular weight excluding hydrogens is 377 g/mol. The van der Waals surface area contributed by atoms with E-state index in [1.54, 1.807) is 11.3 Å². The van der Waals surface area contributed by atoms with Gasteiger partial charge in [0.25, 0.3) is 0 Å². The van der Waals surface area contributed by atoms with Gasteiger partial charge in [0.2, 0.25) is 5.91 Å². The summed E-state index contributed by atoms with van der Waals surface area (Å²) >= 11 is 1.60. The number of nitrogens with one attached hydrogen (secondary N) is 2. The number of amides is 1. The molecule has 1 aliphatic rings. The number of halogens is 2. The predicted octanol–water partition coefficient (Wildman–Crippen LogP) is 3.62. The first-order valence-electron chi connectivity index (χ1n) is 8.19. The molecule has 0 bridgehead atoms. The van der Waals surface area contributed by atoms with E-state index in [1.165, 1.54) is 18.4 Å². The molecule has 0 saturated carbocycles. The first-order chi connectivity index (χ1) is 11.2. The van der Waals surface area contributed by atoms with Gasteiger partial charge in [0.1, 0.15) is 5.01 Å². The highest BCUT2D eigenvalue weighted by molar-refractivity contribution is 7.13. The highest BCUT2D eigenvalue weighted by atomic mass is 35.5. The van der Waals surface area contributed by atoms with Crippen molar-refractivity contribution in [2.45, 2.75) is 26.2 Å². The molecule has 25 heavy (non-hydrogen) atoms. The van der Waals surface area contributed by atoms with Crippen LogP contribution < -0.4 is 10.6 Å². The minimum absolute atomic E-state index is 0. The monoisotopic (exact) mass is 401 g/mol. The molecule has 138 valence electrons. The molecule has 3 rings (SSSR count). The molecule has 7 heteroatoms. The Bertz CT molecular complexity index is 672. The molecule has 1 aliphatic heterocycles. The molecule has 1 aromatic carbocycles. The van der Waals surface area contributed by atoms with Gasteiger partial charge in [-0.3, -0.25) is 4.79 Å². The maximum atomic E-state index is 12.1. The summed E-state index contributed by atoms with van der Waals surface area (Å²) in [7, 11) is 0. The van der Waals surface area contributed by atoms with E-state index in [-0.39, 0.29) is 30.7 Å². The predicted molar refractivity (Wildman–Crippen MR) is 109 cm³/mol. The molecule has 1 fully saturated rings. The normalized spacial score (nSPS) is 16.4. The van der Waals surface area contributed by atoms with Crippen molar-refractivity contribution in [2.24, 2.45) is 5.92 Å².